The van der Waals surface area contributed by atoms with Crippen molar-refractivity contribution in [3.8, 4) is 0 Å². The van der Waals surface area contributed by atoms with Crippen LogP contribution in [0.2, 0.25) is 5.15 Å². The second kappa shape index (κ2) is 4.63. The van der Waals surface area contributed by atoms with Crippen LogP contribution < -0.4 is 11.2 Å². The van der Waals surface area contributed by atoms with E-state index in [-0.39, 0.29) is 12.5 Å². The Kier molecular flexibility index (Phi) is 3.39. The largest absolute Gasteiger partial charge is 0.329 e. The van der Waals surface area contributed by atoms with E-state index in [1.54, 1.807) is 11.8 Å². The molecule has 2 rings (SSSR count). The van der Waals surface area contributed by atoms with Gasteiger partial charge >= 0.3 is 5.69 Å². The first-order chi connectivity index (χ1) is 7.59. The predicted molar refractivity (Wildman–Crippen MR) is 61.7 cm³/mol. The number of thioether (sulfide) groups is 1. The predicted octanol–water partition coefficient (Wildman–Crippen LogP) is 1.08. The zero-order chi connectivity index (χ0) is 11.7. The minimum Gasteiger partial charge on any atom is -0.295 e. The van der Waals surface area contributed by atoms with Crippen molar-refractivity contribution in [3.63, 3.8) is 0 Å². The standard InChI is InChI=1S/C9H10ClFN2O2S/c10-7-6(11)8(14)13(9(15)12-7)3-5-1-2-16-4-5/h5H,1-4H2,(H,12,15). The van der Waals surface area contributed by atoms with Crippen molar-refractivity contribution in [3.05, 3.63) is 31.8 Å². The molecule has 1 atom stereocenters. The Hall–Kier alpha value is -0.750. The van der Waals surface area contributed by atoms with Crippen LogP contribution in [0.5, 0.6) is 0 Å². The number of rotatable bonds is 2. The Bertz CT molecular complexity index is 507. The van der Waals surface area contributed by atoms with Gasteiger partial charge < -0.3 is 0 Å². The van der Waals surface area contributed by atoms with Gasteiger partial charge in [0.05, 0.1) is 0 Å². The van der Waals surface area contributed by atoms with Gasteiger partial charge in [0.25, 0.3) is 5.56 Å². The third kappa shape index (κ3) is 2.17. The molecule has 0 saturated carbocycles. The molecule has 1 N–H and O–H groups in total. The molecule has 1 aliphatic rings. The van der Waals surface area contributed by atoms with E-state index in [1.807, 2.05) is 0 Å². The maximum absolute atomic E-state index is 13.2. The number of hydrogen-bond acceptors (Lipinski definition) is 3. The van der Waals surface area contributed by atoms with E-state index in [1.165, 1.54) is 0 Å². The molecule has 1 unspecified atom stereocenters. The van der Waals surface area contributed by atoms with E-state index in [9.17, 15) is 14.0 Å². The third-order valence-electron chi connectivity index (χ3n) is 2.55. The molecule has 88 valence electrons. The van der Waals surface area contributed by atoms with Gasteiger partial charge in [-0.05, 0) is 23.8 Å². The first kappa shape index (κ1) is 11.7. The SMILES string of the molecule is O=c1[nH]c(Cl)c(F)c(=O)n1CC1CCSC1. The molecule has 0 amide bonds. The van der Waals surface area contributed by atoms with Crippen LogP contribution in [0.25, 0.3) is 0 Å². The Morgan fingerprint density at radius 2 is 2.31 bits per heavy atom. The second-order valence-corrected chi connectivity index (χ2v) is 5.23. The highest BCUT2D eigenvalue weighted by molar-refractivity contribution is 7.99. The summed E-state index contributed by atoms with van der Waals surface area (Å²) in [5.74, 6) is 1.08. The second-order valence-electron chi connectivity index (χ2n) is 3.70. The summed E-state index contributed by atoms with van der Waals surface area (Å²) in [7, 11) is 0. The van der Waals surface area contributed by atoms with Crippen LogP contribution in [0.4, 0.5) is 4.39 Å². The monoisotopic (exact) mass is 264 g/mol. The lowest BCUT2D eigenvalue weighted by atomic mass is 10.1. The van der Waals surface area contributed by atoms with Crippen molar-refractivity contribution in [1.82, 2.24) is 9.55 Å². The smallest absolute Gasteiger partial charge is 0.295 e. The molecular weight excluding hydrogens is 255 g/mol. The van der Waals surface area contributed by atoms with Crippen molar-refractivity contribution in [2.45, 2.75) is 13.0 Å². The Morgan fingerprint density at radius 1 is 1.56 bits per heavy atom. The fraction of sp³-hybridized carbons (Fsp3) is 0.556. The maximum Gasteiger partial charge on any atom is 0.329 e. The van der Waals surface area contributed by atoms with Crippen molar-refractivity contribution in [2.75, 3.05) is 11.5 Å². The first-order valence-electron chi connectivity index (χ1n) is 4.85. The maximum atomic E-state index is 13.2. The van der Waals surface area contributed by atoms with Crippen LogP contribution in [-0.4, -0.2) is 21.1 Å². The Morgan fingerprint density at radius 3 is 2.94 bits per heavy atom. The van der Waals surface area contributed by atoms with Crippen molar-refractivity contribution >= 4 is 23.4 Å². The highest BCUT2D eigenvalue weighted by Gasteiger charge is 2.19. The molecule has 1 fully saturated rings. The van der Waals surface area contributed by atoms with Gasteiger partial charge in [0.15, 0.2) is 5.15 Å². The average Bonchev–Trinajstić information content (AvgIpc) is 2.74. The molecule has 1 saturated heterocycles. The fourth-order valence-corrected chi connectivity index (χ4v) is 3.11. The molecule has 0 aliphatic carbocycles. The van der Waals surface area contributed by atoms with Crippen molar-refractivity contribution < 1.29 is 4.39 Å². The molecule has 2 heterocycles. The summed E-state index contributed by atoms with van der Waals surface area (Å²) in [4.78, 5) is 25.0. The van der Waals surface area contributed by atoms with Gasteiger partial charge in [0.2, 0.25) is 5.82 Å². The highest BCUT2D eigenvalue weighted by atomic mass is 35.5. The Balaban J connectivity index is 2.37. The minimum absolute atomic E-state index is 0.254. The normalized spacial score (nSPS) is 20.2. The molecule has 0 bridgehead atoms. The van der Waals surface area contributed by atoms with Crippen molar-refractivity contribution in [2.24, 2.45) is 5.92 Å². The average molecular weight is 265 g/mol. The lowest BCUT2D eigenvalue weighted by Crippen LogP contribution is -2.39. The third-order valence-corrected chi connectivity index (χ3v) is 4.04. The molecule has 0 spiro atoms. The van der Waals surface area contributed by atoms with Gasteiger partial charge in [-0.2, -0.15) is 16.2 Å². The van der Waals surface area contributed by atoms with E-state index in [0.717, 1.165) is 22.5 Å². The summed E-state index contributed by atoms with van der Waals surface area (Å²) in [6, 6.07) is 0. The molecule has 16 heavy (non-hydrogen) atoms. The van der Waals surface area contributed by atoms with Gasteiger partial charge in [0, 0.05) is 6.54 Å². The van der Waals surface area contributed by atoms with Gasteiger partial charge in [0.1, 0.15) is 0 Å². The number of H-pyrrole nitrogens is 1. The number of nitrogens with zero attached hydrogens (tertiary/aromatic N) is 1. The molecule has 1 aliphatic heterocycles. The summed E-state index contributed by atoms with van der Waals surface area (Å²) in [6.45, 7) is 0.259. The topological polar surface area (TPSA) is 54.9 Å². The van der Waals surface area contributed by atoms with Crippen LogP contribution in [0.15, 0.2) is 9.59 Å². The minimum atomic E-state index is -1.09. The fourth-order valence-electron chi connectivity index (χ4n) is 1.67. The molecule has 4 nitrogen and oxygen atoms in total. The van der Waals surface area contributed by atoms with Crippen molar-refractivity contribution in [1.29, 1.82) is 0 Å². The van der Waals surface area contributed by atoms with Crippen LogP contribution in [0.1, 0.15) is 6.42 Å². The van der Waals surface area contributed by atoms with Gasteiger partial charge in [-0.3, -0.25) is 14.3 Å². The number of nitrogens with one attached hydrogen (secondary N) is 1. The van der Waals surface area contributed by atoms with E-state index in [4.69, 9.17) is 11.6 Å². The zero-order valence-corrected chi connectivity index (χ0v) is 9.91. The van der Waals surface area contributed by atoms with Crippen LogP contribution in [0.3, 0.4) is 0 Å². The molecule has 1 aromatic heterocycles. The molecule has 0 radical (unpaired) electrons. The highest BCUT2D eigenvalue weighted by Crippen LogP contribution is 2.23. The lowest BCUT2D eigenvalue weighted by Gasteiger charge is -2.09. The summed E-state index contributed by atoms with van der Waals surface area (Å²) >= 11 is 7.13. The van der Waals surface area contributed by atoms with Crippen LogP contribution in [0, 0.1) is 11.7 Å². The molecule has 0 aromatic carbocycles. The molecule has 7 heteroatoms. The molecular formula is C9H10ClFN2O2S. The quantitative estimate of drug-likeness (QED) is 0.814. The van der Waals surface area contributed by atoms with Crippen LogP contribution >= 0.6 is 23.4 Å². The number of aromatic nitrogens is 2. The summed E-state index contributed by atoms with van der Waals surface area (Å²) in [5.41, 5.74) is -1.58. The number of hydrogen-bond donors (Lipinski definition) is 1. The lowest BCUT2D eigenvalue weighted by molar-refractivity contribution is 0.449. The van der Waals surface area contributed by atoms with E-state index in [2.05, 4.69) is 4.98 Å². The van der Waals surface area contributed by atoms with E-state index >= 15 is 0 Å². The number of halogens is 2. The van der Waals surface area contributed by atoms with E-state index < -0.39 is 22.2 Å². The number of aromatic amines is 1. The first-order valence-corrected chi connectivity index (χ1v) is 6.38. The molecule has 1 aromatic rings. The van der Waals surface area contributed by atoms with Crippen LogP contribution in [-0.2, 0) is 6.54 Å². The summed E-state index contributed by atoms with van der Waals surface area (Å²) in [6.07, 6.45) is 0.945. The van der Waals surface area contributed by atoms with Gasteiger partial charge in [-0.15, -0.1) is 0 Å². The zero-order valence-electron chi connectivity index (χ0n) is 8.33. The Labute approximate surface area is 99.8 Å². The van der Waals surface area contributed by atoms with Gasteiger partial charge in [-0.1, -0.05) is 11.6 Å². The van der Waals surface area contributed by atoms with Gasteiger partial charge in [-0.25, -0.2) is 4.79 Å². The summed E-state index contributed by atoms with van der Waals surface area (Å²) < 4.78 is 14.1. The van der Waals surface area contributed by atoms with E-state index in [0.29, 0.717) is 0 Å². The summed E-state index contributed by atoms with van der Waals surface area (Å²) in [5, 5.41) is -0.521.